The molecule has 0 unspecified atom stereocenters. The lowest BCUT2D eigenvalue weighted by Gasteiger charge is -2.12. The van der Waals surface area contributed by atoms with Crippen LogP contribution in [-0.4, -0.2) is 14.5 Å². The molecule has 0 spiro atoms. The van der Waals surface area contributed by atoms with Crippen molar-refractivity contribution in [3.8, 4) is 5.69 Å². The van der Waals surface area contributed by atoms with Gasteiger partial charge in [-0.05, 0) is 36.2 Å². The van der Waals surface area contributed by atoms with Crippen molar-refractivity contribution in [3.05, 3.63) is 100 Å². The molecule has 1 N–H and O–H groups in total. The van der Waals surface area contributed by atoms with Gasteiger partial charge < -0.3 is 4.98 Å². The van der Waals surface area contributed by atoms with Crippen LogP contribution in [0.5, 0.6) is 0 Å². The summed E-state index contributed by atoms with van der Waals surface area (Å²) in [5.41, 5.74) is 5.41. The molecule has 0 atom stereocenters. The number of para-hydroxylation sites is 2. The number of hydrogen-bond donors (Lipinski definition) is 1. The number of rotatable bonds is 4. The van der Waals surface area contributed by atoms with E-state index in [1.807, 2.05) is 66.7 Å². The van der Waals surface area contributed by atoms with Gasteiger partial charge in [0.1, 0.15) is 11.0 Å². The van der Waals surface area contributed by atoms with E-state index in [-0.39, 0.29) is 5.56 Å². The fourth-order valence-corrected chi connectivity index (χ4v) is 4.64. The Bertz CT molecular complexity index is 1390. The monoisotopic (exact) mass is 397 g/mol. The summed E-state index contributed by atoms with van der Waals surface area (Å²) in [4.78, 5) is 21.7. The number of aromatic nitrogens is 3. The first-order valence-electron chi connectivity index (χ1n) is 9.48. The molecule has 0 aliphatic rings. The Morgan fingerprint density at radius 3 is 2.48 bits per heavy atom. The van der Waals surface area contributed by atoms with Crippen LogP contribution < -0.4 is 5.56 Å². The Morgan fingerprint density at radius 2 is 1.66 bits per heavy atom. The van der Waals surface area contributed by atoms with Crippen molar-refractivity contribution in [1.82, 2.24) is 14.5 Å². The minimum absolute atomic E-state index is 0.0790. The molecule has 2 aromatic heterocycles. The van der Waals surface area contributed by atoms with Gasteiger partial charge in [-0.1, -0.05) is 72.4 Å². The third-order valence-corrected chi connectivity index (χ3v) is 6.11. The van der Waals surface area contributed by atoms with E-state index in [1.165, 1.54) is 11.1 Å². The highest BCUT2D eigenvalue weighted by atomic mass is 32.2. The van der Waals surface area contributed by atoms with E-state index in [4.69, 9.17) is 4.98 Å². The molecule has 3 aromatic carbocycles. The highest BCUT2D eigenvalue weighted by molar-refractivity contribution is 7.98. The first kappa shape index (κ1) is 17.8. The summed E-state index contributed by atoms with van der Waals surface area (Å²) in [5, 5.41) is 1.67. The van der Waals surface area contributed by atoms with Gasteiger partial charge >= 0.3 is 0 Å². The summed E-state index contributed by atoms with van der Waals surface area (Å²) in [6, 6.07) is 25.9. The molecule has 0 saturated carbocycles. The number of nitrogens with zero attached hydrogens (tertiary/aromatic N) is 2. The van der Waals surface area contributed by atoms with E-state index in [0.29, 0.717) is 10.7 Å². The summed E-state index contributed by atoms with van der Waals surface area (Å²) in [7, 11) is 0. The molecule has 5 heteroatoms. The van der Waals surface area contributed by atoms with Crippen LogP contribution in [0.25, 0.3) is 27.6 Å². The molecule has 0 amide bonds. The Labute approximate surface area is 172 Å². The average molecular weight is 398 g/mol. The second-order valence-corrected chi connectivity index (χ2v) is 7.92. The van der Waals surface area contributed by atoms with Gasteiger partial charge in [-0.2, -0.15) is 0 Å². The van der Waals surface area contributed by atoms with E-state index < -0.39 is 0 Å². The maximum Gasteiger partial charge on any atom is 0.283 e. The Kier molecular flexibility index (Phi) is 4.45. The Balaban J connectivity index is 1.72. The minimum atomic E-state index is -0.0790. The number of hydrogen-bond acceptors (Lipinski definition) is 3. The number of benzene rings is 3. The fraction of sp³-hybridized carbons (Fsp3) is 0.0833. The molecule has 0 aliphatic carbocycles. The number of nitrogens with one attached hydrogen (secondary N) is 1. The molecule has 4 nitrogen and oxygen atoms in total. The SMILES string of the molecule is Cc1ccccc1CSc1nc2c([nH]c3ccccc32)c(=O)n1-c1ccccc1. The van der Waals surface area contributed by atoms with Gasteiger partial charge in [0.15, 0.2) is 5.16 Å². The topological polar surface area (TPSA) is 50.7 Å². The number of aryl methyl sites for hydroxylation is 1. The summed E-state index contributed by atoms with van der Waals surface area (Å²) in [6.45, 7) is 2.11. The lowest BCUT2D eigenvalue weighted by atomic mass is 10.1. The molecule has 0 fully saturated rings. The molecule has 0 bridgehead atoms. The molecule has 0 aliphatic heterocycles. The molecule has 0 radical (unpaired) electrons. The van der Waals surface area contributed by atoms with E-state index in [1.54, 1.807) is 16.3 Å². The smallest absolute Gasteiger partial charge is 0.283 e. The lowest BCUT2D eigenvalue weighted by Crippen LogP contribution is -2.21. The summed E-state index contributed by atoms with van der Waals surface area (Å²) in [5.74, 6) is 0.750. The van der Waals surface area contributed by atoms with E-state index >= 15 is 0 Å². The van der Waals surface area contributed by atoms with Crippen molar-refractivity contribution in [2.45, 2.75) is 17.8 Å². The predicted octanol–water partition coefficient (Wildman–Crippen LogP) is 5.47. The van der Waals surface area contributed by atoms with Gasteiger partial charge in [-0.25, -0.2) is 4.98 Å². The second-order valence-electron chi connectivity index (χ2n) is 6.98. The standard InChI is InChI=1S/C24H19N3OS/c1-16-9-5-6-10-17(16)15-29-24-26-21-19-13-7-8-14-20(19)25-22(21)23(28)27(24)18-11-3-2-4-12-18/h2-14,25H,15H2,1H3. The number of aromatic amines is 1. The van der Waals surface area contributed by atoms with Crippen molar-refractivity contribution in [1.29, 1.82) is 0 Å². The van der Waals surface area contributed by atoms with Crippen molar-refractivity contribution >= 4 is 33.7 Å². The maximum atomic E-state index is 13.5. The van der Waals surface area contributed by atoms with E-state index in [0.717, 1.165) is 27.9 Å². The molecule has 5 aromatic rings. The van der Waals surface area contributed by atoms with Crippen LogP contribution in [0.1, 0.15) is 11.1 Å². The van der Waals surface area contributed by atoms with Gasteiger partial charge in [0, 0.05) is 16.7 Å². The van der Waals surface area contributed by atoms with Crippen molar-refractivity contribution in [2.24, 2.45) is 0 Å². The van der Waals surface area contributed by atoms with Gasteiger partial charge in [-0.15, -0.1) is 0 Å². The maximum absolute atomic E-state index is 13.5. The van der Waals surface area contributed by atoms with Crippen LogP contribution in [0.15, 0.2) is 88.8 Å². The van der Waals surface area contributed by atoms with Crippen molar-refractivity contribution < 1.29 is 0 Å². The summed E-state index contributed by atoms with van der Waals surface area (Å²) in [6.07, 6.45) is 0. The van der Waals surface area contributed by atoms with Gasteiger partial charge in [0.2, 0.25) is 0 Å². The molecule has 29 heavy (non-hydrogen) atoms. The lowest BCUT2D eigenvalue weighted by molar-refractivity contribution is 0.818. The average Bonchev–Trinajstić information content (AvgIpc) is 3.13. The normalized spacial score (nSPS) is 11.3. The zero-order valence-corrected chi connectivity index (χ0v) is 16.7. The fourth-order valence-electron chi connectivity index (χ4n) is 3.56. The van der Waals surface area contributed by atoms with E-state index in [9.17, 15) is 4.79 Å². The predicted molar refractivity (Wildman–Crippen MR) is 120 cm³/mol. The van der Waals surface area contributed by atoms with Crippen LogP contribution in [0, 0.1) is 6.92 Å². The number of H-pyrrole nitrogens is 1. The number of fused-ring (bicyclic) bond motifs is 3. The van der Waals surface area contributed by atoms with Gasteiger partial charge in [-0.3, -0.25) is 9.36 Å². The molecule has 142 valence electrons. The quantitative estimate of drug-likeness (QED) is 0.323. The third-order valence-electron chi connectivity index (χ3n) is 5.13. The summed E-state index contributed by atoms with van der Waals surface area (Å²) >= 11 is 1.59. The van der Waals surface area contributed by atoms with Gasteiger partial charge in [0.05, 0.1) is 5.69 Å². The highest BCUT2D eigenvalue weighted by Gasteiger charge is 2.17. The second kappa shape index (κ2) is 7.26. The molecular formula is C24H19N3OS. The zero-order chi connectivity index (χ0) is 19.8. The first-order valence-corrected chi connectivity index (χ1v) is 10.5. The summed E-state index contributed by atoms with van der Waals surface area (Å²) < 4.78 is 1.71. The minimum Gasteiger partial charge on any atom is -0.349 e. The van der Waals surface area contributed by atoms with Crippen LogP contribution in [-0.2, 0) is 5.75 Å². The molecule has 0 saturated heterocycles. The van der Waals surface area contributed by atoms with Crippen LogP contribution in [0.4, 0.5) is 0 Å². The van der Waals surface area contributed by atoms with Gasteiger partial charge in [0.25, 0.3) is 5.56 Å². The Morgan fingerprint density at radius 1 is 0.931 bits per heavy atom. The largest absolute Gasteiger partial charge is 0.349 e. The van der Waals surface area contributed by atoms with Crippen LogP contribution in [0.3, 0.4) is 0 Å². The molecular weight excluding hydrogens is 378 g/mol. The van der Waals surface area contributed by atoms with E-state index in [2.05, 4.69) is 24.0 Å². The van der Waals surface area contributed by atoms with Crippen molar-refractivity contribution in [3.63, 3.8) is 0 Å². The first-order chi connectivity index (χ1) is 14.2. The van der Waals surface area contributed by atoms with Crippen LogP contribution in [0.2, 0.25) is 0 Å². The molecule has 5 rings (SSSR count). The highest BCUT2D eigenvalue weighted by Crippen LogP contribution is 2.28. The van der Waals surface area contributed by atoms with Crippen LogP contribution >= 0.6 is 11.8 Å². The third kappa shape index (κ3) is 3.13. The zero-order valence-electron chi connectivity index (χ0n) is 15.9. The van der Waals surface area contributed by atoms with Crippen molar-refractivity contribution in [2.75, 3.05) is 0 Å². The molecule has 2 heterocycles. The number of thioether (sulfide) groups is 1. The Hall–Kier alpha value is -3.31.